The van der Waals surface area contributed by atoms with E-state index in [0.717, 1.165) is 5.56 Å². The first-order chi connectivity index (χ1) is 13.6. The zero-order chi connectivity index (χ0) is 19.5. The number of hydrogen-bond donors (Lipinski definition) is 1. The molecule has 0 aliphatic heterocycles. The molecule has 0 aliphatic rings. The number of aromatic nitrogens is 4. The SMILES string of the molecule is O=C(CSc1nnc2ccc(-c3ccc(F)cc3)nn12)Nc1cccc(Cl)c1. The fraction of sp³-hybridized carbons (Fsp3) is 0.0526. The molecule has 140 valence electrons. The number of fused-ring (bicyclic) bond motifs is 1. The molecule has 0 fully saturated rings. The molecule has 4 rings (SSSR count). The Labute approximate surface area is 168 Å². The Morgan fingerprint density at radius 1 is 1.11 bits per heavy atom. The van der Waals surface area contributed by atoms with Crippen LogP contribution in [-0.4, -0.2) is 31.5 Å². The summed E-state index contributed by atoms with van der Waals surface area (Å²) in [6.45, 7) is 0. The van der Waals surface area contributed by atoms with Crippen molar-refractivity contribution in [2.75, 3.05) is 11.1 Å². The van der Waals surface area contributed by atoms with Crippen molar-refractivity contribution < 1.29 is 9.18 Å². The van der Waals surface area contributed by atoms with Crippen LogP contribution < -0.4 is 5.32 Å². The largest absolute Gasteiger partial charge is 0.325 e. The first-order valence-electron chi connectivity index (χ1n) is 8.25. The van der Waals surface area contributed by atoms with Crippen LogP contribution in [0.1, 0.15) is 0 Å². The molecule has 0 unspecified atom stereocenters. The monoisotopic (exact) mass is 413 g/mol. The van der Waals surface area contributed by atoms with Gasteiger partial charge < -0.3 is 5.32 Å². The van der Waals surface area contributed by atoms with Crippen molar-refractivity contribution >= 4 is 40.6 Å². The number of halogens is 2. The number of rotatable bonds is 5. The topological polar surface area (TPSA) is 72.2 Å². The zero-order valence-electron chi connectivity index (χ0n) is 14.3. The van der Waals surface area contributed by atoms with Crippen molar-refractivity contribution in [2.45, 2.75) is 5.16 Å². The van der Waals surface area contributed by atoms with Gasteiger partial charge in [-0.05, 0) is 54.6 Å². The summed E-state index contributed by atoms with van der Waals surface area (Å²) in [5, 5.41) is 16.5. The van der Waals surface area contributed by atoms with E-state index in [-0.39, 0.29) is 17.5 Å². The lowest BCUT2D eigenvalue weighted by Gasteiger charge is -2.05. The second-order valence-corrected chi connectivity index (χ2v) is 7.20. The summed E-state index contributed by atoms with van der Waals surface area (Å²) in [6, 6.07) is 16.6. The quantitative estimate of drug-likeness (QED) is 0.493. The van der Waals surface area contributed by atoms with Crippen LogP contribution in [0, 0.1) is 5.82 Å². The van der Waals surface area contributed by atoms with E-state index in [9.17, 15) is 9.18 Å². The maximum Gasteiger partial charge on any atom is 0.234 e. The molecule has 0 radical (unpaired) electrons. The Morgan fingerprint density at radius 3 is 2.71 bits per heavy atom. The Balaban J connectivity index is 1.50. The minimum absolute atomic E-state index is 0.135. The van der Waals surface area contributed by atoms with Gasteiger partial charge in [0, 0.05) is 16.3 Å². The molecular formula is C19H13ClFN5OS. The van der Waals surface area contributed by atoms with Crippen LogP contribution >= 0.6 is 23.4 Å². The summed E-state index contributed by atoms with van der Waals surface area (Å²) in [4.78, 5) is 12.2. The van der Waals surface area contributed by atoms with Gasteiger partial charge in [0.15, 0.2) is 5.65 Å². The predicted molar refractivity (Wildman–Crippen MR) is 107 cm³/mol. The maximum absolute atomic E-state index is 13.1. The fourth-order valence-electron chi connectivity index (χ4n) is 2.53. The van der Waals surface area contributed by atoms with Crippen LogP contribution in [0.15, 0.2) is 65.8 Å². The van der Waals surface area contributed by atoms with Gasteiger partial charge in [-0.15, -0.1) is 10.2 Å². The van der Waals surface area contributed by atoms with Crippen molar-refractivity contribution in [3.8, 4) is 11.3 Å². The van der Waals surface area contributed by atoms with Gasteiger partial charge in [0.1, 0.15) is 5.82 Å². The first-order valence-corrected chi connectivity index (χ1v) is 9.61. The van der Waals surface area contributed by atoms with Crippen LogP contribution in [0.25, 0.3) is 16.9 Å². The molecule has 0 spiro atoms. The summed E-state index contributed by atoms with van der Waals surface area (Å²) < 4.78 is 14.7. The third kappa shape index (κ3) is 4.13. The van der Waals surface area contributed by atoms with Gasteiger partial charge in [0.05, 0.1) is 11.4 Å². The number of carbonyl (C=O) groups excluding carboxylic acids is 1. The molecule has 1 amide bonds. The van der Waals surface area contributed by atoms with Gasteiger partial charge in [-0.3, -0.25) is 4.79 Å². The van der Waals surface area contributed by atoms with E-state index in [2.05, 4.69) is 20.6 Å². The number of nitrogens with zero attached hydrogens (tertiary/aromatic N) is 4. The van der Waals surface area contributed by atoms with Crippen molar-refractivity contribution in [3.05, 3.63) is 71.5 Å². The van der Waals surface area contributed by atoms with E-state index >= 15 is 0 Å². The van der Waals surface area contributed by atoms with Crippen LogP contribution in [0.4, 0.5) is 10.1 Å². The van der Waals surface area contributed by atoms with E-state index in [0.29, 0.717) is 27.2 Å². The zero-order valence-corrected chi connectivity index (χ0v) is 15.9. The van der Waals surface area contributed by atoms with Crippen LogP contribution in [0.2, 0.25) is 5.02 Å². The molecule has 9 heteroatoms. The molecular weight excluding hydrogens is 401 g/mol. The lowest BCUT2D eigenvalue weighted by atomic mass is 10.1. The van der Waals surface area contributed by atoms with E-state index in [1.807, 2.05) is 0 Å². The summed E-state index contributed by atoms with van der Waals surface area (Å²) in [6.07, 6.45) is 0. The summed E-state index contributed by atoms with van der Waals surface area (Å²) >= 11 is 7.14. The second kappa shape index (κ2) is 7.95. The van der Waals surface area contributed by atoms with Crippen molar-refractivity contribution in [1.82, 2.24) is 19.8 Å². The Hall–Kier alpha value is -2.97. The van der Waals surface area contributed by atoms with Crippen LogP contribution in [0.3, 0.4) is 0 Å². The van der Waals surface area contributed by atoms with Gasteiger partial charge in [-0.1, -0.05) is 29.4 Å². The number of nitrogens with one attached hydrogen (secondary N) is 1. The number of benzene rings is 2. The number of thioether (sulfide) groups is 1. The van der Waals surface area contributed by atoms with Crippen LogP contribution in [0.5, 0.6) is 0 Å². The van der Waals surface area contributed by atoms with E-state index in [4.69, 9.17) is 11.6 Å². The number of hydrogen-bond acceptors (Lipinski definition) is 5. The number of amides is 1. The maximum atomic E-state index is 13.1. The molecule has 0 saturated carbocycles. The summed E-state index contributed by atoms with van der Waals surface area (Å²) in [5.74, 6) is -0.370. The highest BCUT2D eigenvalue weighted by Gasteiger charge is 2.12. The highest BCUT2D eigenvalue weighted by molar-refractivity contribution is 7.99. The molecule has 0 aliphatic carbocycles. The third-order valence-corrected chi connectivity index (χ3v) is 4.97. The molecule has 6 nitrogen and oxygen atoms in total. The lowest BCUT2D eigenvalue weighted by Crippen LogP contribution is -2.14. The van der Waals surface area contributed by atoms with Gasteiger partial charge in [0.25, 0.3) is 0 Å². The molecule has 28 heavy (non-hydrogen) atoms. The van der Waals surface area contributed by atoms with Crippen molar-refractivity contribution in [1.29, 1.82) is 0 Å². The molecule has 2 heterocycles. The van der Waals surface area contributed by atoms with Gasteiger partial charge in [-0.25, -0.2) is 4.39 Å². The lowest BCUT2D eigenvalue weighted by molar-refractivity contribution is -0.113. The normalized spacial score (nSPS) is 10.9. The highest BCUT2D eigenvalue weighted by Crippen LogP contribution is 2.21. The Morgan fingerprint density at radius 2 is 1.93 bits per heavy atom. The number of carbonyl (C=O) groups is 1. The third-order valence-electron chi connectivity index (χ3n) is 3.81. The molecule has 2 aromatic heterocycles. The van der Waals surface area contributed by atoms with E-state index in [1.165, 1.54) is 23.9 Å². The average molecular weight is 414 g/mol. The van der Waals surface area contributed by atoms with Crippen molar-refractivity contribution in [3.63, 3.8) is 0 Å². The summed E-state index contributed by atoms with van der Waals surface area (Å²) in [5.41, 5.74) is 2.61. The Kier molecular flexibility index (Phi) is 5.23. The Bertz CT molecular complexity index is 1150. The smallest absolute Gasteiger partial charge is 0.234 e. The summed E-state index contributed by atoms with van der Waals surface area (Å²) in [7, 11) is 0. The minimum Gasteiger partial charge on any atom is -0.325 e. The average Bonchev–Trinajstić information content (AvgIpc) is 3.09. The first kappa shape index (κ1) is 18.4. The predicted octanol–water partition coefficient (Wildman–Crippen LogP) is 4.31. The molecule has 0 saturated heterocycles. The van der Waals surface area contributed by atoms with Gasteiger partial charge in [-0.2, -0.15) is 9.61 Å². The molecule has 0 bridgehead atoms. The molecule has 4 aromatic rings. The highest BCUT2D eigenvalue weighted by atomic mass is 35.5. The van der Waals surface area contributed by atoms with Crippen molar-refractivity contribution in [2.24, 2.45) is 0 Å². The van der Waals surface area contributed by atoms with Gasteiger partial charge in [0.2, 0.25) is 11.1 Å². The van der Waals surface area contributed by atoms with Gasteiger partial charge >= 0.3 is 0 Å². The van der Waals surface area contributed by atoms with E-state index in [1.54, 1.807) is 53.0 Å². The number of anilines is 1. The molecule has 2 aromatic carbocycles. The molecule has 0 atom stereocenters. The second-order valence-electron chi connectivity index (χ2n) is 5.83. The standard InChI is InChI=1S/C19H13ClFN5OS/c20-13-2-1-3-15(10-13)22-18(27)11-28-19-24-23-17-9-8-16(25-26(17)19)12-4-6-14(21)7-5-12/h1-10H,11H2,(H,22,27). The minimum atomic E-state index is -0.309. The van der Waals surface area contributed by atoms with E-state index < -0.39 is 0 Å². The van der Waals surface area contributed by atoms with Crippen LogP contribution in [-0.2, 0) is 4.79 Å². The fourth-order valence-corrected chi connectivity index (χ4v) is 3.41. The molecule has 1 N–H and O–H groups in total.